The van der Waals surface area contributed by atoms with Gasteiger partial charge in [-0.2, -0.15) is 0 Å². The van der Waals surface area contributed by atoms with Crippen molar-refractivity contribution in [2.45, 2.75) is 13.8 Å². The number of hydrogen-bond acceptors (Lipinski definition) is 6. The van der Waals surface area contributed by atoms with Gasteiger partial charge in [-0.25, -0.2) is 0 Å². The molecular weight excluding hydrogens is 526 g/mol. The standard InChI is InChI=1S/C27H26ClN5O4S/c1-17-6-3-4-7-20(17)26(35)32-14-12-31(13-15-32)24-11-10-19(16-22(24)28)29-27(38)30-25(34)21-8-5-9-23(18(21)2)33(36)37/h3-11,16H,12-15H2,1-2H3,(H2,29,30,34,38). The molecule has 1 heterocycles. The monoisotopic (exact) mass is 551 g/mol. The van der Waals surface area contributed by atoms with E-state index in [1.165, 1.54) is 25.1 Å². The molecule has 1 fully saturated rings. The predicted molar refractivity (Wildman–Crippen MR) is 152 cm³/mol. The van der Waals surface area contributed by atoms with Gasteiger partial charge in [0.1, 0.15) is 0 Å². The second-order valence-electron chi connectivity index (χ2n) is 8.88. The van der Waals surface area contributed by atoms with Crippen LogP contribution in [0.4, 0.5) is 17.1 Å². The van der Waals surface area contributed by atoms with Crippen LogP contribution in [0.5, 0.6) is 0 Å². The number of rotatable bonds is 5. The van der Waals surface area contributed by atoms with E-state index in [1.54, 1.807) is 12.1 Å². The average molecular weight is 552 g/mol. The van der Waals surface area contributed by atoms with E-state index in [1.807, 2.05) is 42.2 Å². The molecule has 9 nitrogen and oxygen atoms in total. The van der Waals surface area contributed by atoms with Crippen LogP contribution in [-0.4, -0.2) is 52.9 Å². The summed E-state index contributed by atoms with van der Waals surface area (Å²) in [7, 11) is 0. The lowest BCUT2D eigenvalue weighted by molar-refractivity contribution is -0.385. The van der Waals surface area contributed by atoms with Crippen LogP contribution in [0.3, 0.4) is 0 Å². The molecule has 1 aliphatic heterocycles. The first-order valence-corrected chi connectivity index (χ1v) is 12.7. The zero-order valence-corrected chi connectivity index (χ0v) is 22.4. The fourth-order valence-electron chi connectivity index (χ4n) is 4.37. The van der Waals surface area contributed by atoms with E-state index in [-0.39, 0.29) is 27.8 Å². The second-order valence-corrected chi connectivity index (χ2v) is 9.69. The number of benzene rings is 3. The summed E-state index contributed by atoms with van der Waals surface area (Å²) in [5.74, 6) is -0.520. The molecule has 0 aromatic heterocycles. The Hall–Kier alpha value is -4.02. The van der Waals surface area contributed by atoms with Gasteiger partial charge in [-0.3, -0.25) is 25.0 Å². The lowest BCUT2D eigenvalue weighted by atomic mass is 10.1. The molecule has 1 aliphatic rings. The Labute approximate surface area is 230 Å². The molecule has 0 aliphatic carbocycles. The Morgan fingerprint density at radius 3 is 2.32 bits per heavy atom. The van der Waals surface area contributed by atoms with Crippen molar-refractivity contribution in [2.24, 2.45) is 0 Å². The van der Waals surface area contributed by atoms with Crippen LogP contribution < -0.4 is 15.5 Å². The second kappa shape index (κ2) is 11.6. The minimum Gasteiger partial charge on any atom is -0.367 e. The largest absolute Gasteiger partial charge is 0.367 e. The molecule has 0 bridgehead atoms. The molecule has 11 heteroatoms. The Balaban J connectivity index is 1.35. The topological polar surface area (TPSA) is 108 Å². The Kier molecular flexibility index (Phi) is 8.23. The van der Waals surface area contributed by atoms with Gasteiger partial charge >= 0.3 is 0 Å². The van der Waals surface area contributed by atoms with E-state index < -0.39 is 10.8 Å². The lowest BCUT2D eigenvalue weighted by Crippen LogP contribution is -2.49. The number of halogens is 1. The Morgan fingerprint density at radius 1 is 0.974 bits per heavy atom. The maximum atomic E-state index is 12.9. The number of thiocarbonyl (C=S) groups is 1. The van der Waals surface area contributed by atoms with E-state index in [9.17, 15) is 19.7 Å². The molecule has 3 aromatic rings. The van der Waals surface area contributed by atoms with Crippen LogP contribution in [0.2, 0.25) is 5.02 Å². The first-order valence-electron chi connectivity index (χ1n) is 11.9. The van der Waals surface area contributed by atoms with Gasteiger partial charge < -0.3 is 15.1 Å². The number of carbonyl (C=O) groups is 2. The molecular formula is C27H26ClN5O4S. The fourth-order valence-corrected chi connectivity index (χ4v) is 4.89. The Morgan fingerprint density at radius 2 is 1.66 bits per heavy atom. The number of hydrogen-bond donors (Lipinski definition) is 2. The first-order chi connectivity index (χ1) is 18.2. The van der Waals surface area contributed by atoms with Crippen LogP contribution in [0.1, 0.15) is 31.8 Å². The summed E-state index contributed by atoms with van der Waals surface area (Å²) in [4.78, 5) is 40.1. The van der Waals surface area contributed by atoms with Gasteiger partial charge in [0.15, 0.2) is 5.11 Å². The highest BCUT2D eigenvalue weighted by Crippen LogP contribution is 2.30. The minimum atomic E-state index is -0.551. The third kappa shape index (κ3) is 5.92. The van der Waals surface area contributed by atoms with Gasteiger partial charge in [0.2, 0.25) is 0 Å². The molecule has 0 atom stereocenters. The zero-order valence-electron chi connectivity index (χ0n) is 20.9. The third-order valence-corrected chi connectivity index (χ3v) is 6.97. The van der Waals surface area contributed by atoms with Crippen molar-refractivity contribution in [1.82, 2.24) is 10.2 Å². The molecule has 0 radical (unpaired) electrons. The molecule has 0 spiro atoms. The minimum absolute atomic E-state index is 0.0317. The van der Waals surface area contributed by atoms with E-state index >= 15 is 0 Å². The normalized spacial score (nSPS) is 13.1. The molecule has 196 valence electrons. The highest BCUT2D eigenvalue weighted by Gasteiger charge is 2.24. The summed E-state index contributed by atoms with van der Waals surface area (Å²) in [6, 6.07) is 17.2. The number of nitro benzene ring substituents is 1. The number of nitrogens with zero attached hydrogens (tertiary/aromatic N) is 3. The van der Waals surface area contributed by atoms with Gasteiger partial charge in [0.05, 0.1) is 15.6 Å². The van der Waals surface area contributed by atoms with E-state index in [0.29, 0.717) is 36.9 Å². The number of nitro groups is 1. The van der Waals surface area contributed by atoms with Gasteiger partial charge in [0.25, 0.3) is 17.5 Å². The first kappa shape index (κ1) is 27.0. The summed E-state index contributed by atoms with van der Waals surface area (Å²) in [6.45, 7) is 5.89. The van der Waals surface area contributed by atoms with Crippen LogP contribution in [0.25, 0.3) is 0 Å². The maximum absolute atomic E-state index is 12.9. The third-order valence-electron chi connectivity index (χ3n) is 6.46. The van der Waals surface area contributed by atoms with Crippen LogP contribution in [0, 0.1) is 24.0 Å². The fraction of sp³-hybridized carbons (Fsp3) is 0.222. The smallest absolute Gasteiger partial charge is 0.273 e. The molecule has 4 rings (SSSR count). The molecule has 3 aromatic carbocycles. The van der Waals surface area contributed by atoms with E-state index in [2.05, 4.69) is 15.5 Å². The summed E-state index contributed by atoms with van der Waals surface area (Å²) in [6.07, 6.45) is 0. The molecule has 1 saturated heterocycles. The number of aryl methyl sites for hydroxylation is 1. The number of amides is 2. The Bertz CT molecular complexity index is 1420. The quantitative estimate of drug-likeness (QED) is 0.262. The summed E-state index contributed by atoms with van der Waals surface area (Å²) < 4.78 is 0. The highest BCUT2D eigenvalue weighted by molar-refractivity contribution is 7.80. The van der Waals surface area contributed by atoms with Crippen molar-refractivity contribution in [3.63, 3.8) is 0 Å². The molecule has 0 saturated carbocycles. The van der Waals surface area contributed by atoms with Crippen molar-refractivity contribution >= 4 is 57.8 Å². The van der Waals surface area contributed by atoms with E-state index in [4.69, 9.17) is 23.8 Å². The van der Waals surface area contributed by atoms with Gasteiger partial charge in [0, 0.05) is 54.6 Å². The molecule has 0 unspecified atom stereocenters. The number of nitrogens with one attached hydrogen (secondary N) is 2. The summed E-state index contributed by atoms with van der Waals surface area (Å²) in [5, 5.41) is 17.2. The molecule has 38 heavy (non-hydrogen) atoms. The molecule has 2 N–H and O–H groups in total. The van der Waals surface area contributed by atoms with Crippen LogP contribution in [0.15, 0.2) is 60.7 Å². The van der Waals surface area contributed by atoms with Crippen LogP contribution >= 0.6 is 23.8 Å². The maximum Gasteiger partial charge on any atom is 0.273 e. The van der Waals surface area contributed by atoms with Gasteiger partial charge in [-0.1, -0.05) is 35.9 Å². The van der Waals surface area contributed by atoms with Gasteiger partial charge in [-0.15, -0.1) is 0 Å². The number of piperazine rings is 1. The number of carbonyl (C=O) groups excluding carboxylic acids is 2. The average Bonchev–Trinajstić information content (AvgIpc) is 2.88. The van der Waals surface area contributed by atoms with E-state index in [0.717, 1.165) is 16.8 Å². The van der Waals surface area contributed by atoms with Crippen molar-refractivity contribution in [2.75, 3.05) is 36.4 Å². The predicted octanol–water partition coefficient (Wildman–Crippen LogP) is 4.95. The van der Waals surface area contributed by atoms with Crippen molar-refractivity contribution in [1.29, 1.82) is 0 Å². The van der Waals surface area contributed by atoms with Crippen LogP contribution in [-0.2, 0) is 0 Å². The summed E-state index contributed by atoms with van der Waals surface area (Å²) >= 11 is 11.8. The lowest BCUT2D eigenvalue weighted by Gasteiger charge is -2.36. The molecule has 2 amide bonds. The SMILES string of the molecule is Cc1ccccc1C(=O)N1CCN(c2ccc(NC(=S)NC(=O)c3cccc([N+](=O)[O-])c3C)cc2Cl)CC1. The summed E-state index contributed by atoms with van der Waals surface area (Å²) in [5.41, 5.74) is 3.37. The van der Waals surface area contributed by atoms with Crippen molar-refractivity contribution < 1.29 is 14.5 Å². The van der Waals surface area contributed by atoms with Gasteiger partial charge in [-0.05, 0) is 62.0 Å². The highest BCUT2D eigenvalue weighted by atomic mass is 35.5. The zero-order chi connectivity index (χ0) is 27.4. The van der Waals surface area contributed by atoms with Crippen molar-refractivity contribution in [3.05, 3.63) is 98.1 Å². The van der Waals surface area contributed by atoms with Crippen molar-refractivity contribution in [3.8, 4) is 0 Å². The number of anilines is 2.